The minimum Gasteiger partial charge on any atom is -0.391 e. The van der Waals surface area contributed by atoms with Crippen molar-refractivity contribution in [1.82, 2.24) is 15.7 Å². The van der Waals surface area contributed by atoms with Gasteiger partial charge in [0.2, 0.25) is 0 Å². The standard InChI is InChI=1S/C28H35N3O4/c1-19(32)27(28(33)30-34)29-26-12-10-23-17-21(9-11-25(23)26)6-3-20-4-7-22(8-5-20)18-31-15-13-24(35-2)14-16-31/h4-5,7-9,11,17,19,24,26-27,29,32,34H,10,12-16,18H2,1-2H3,(H,30,33)/t19-,26+,27+/m1/s1. The van der Waals surface area contributed by atoms with Crippen molar-refractivity contribution in [3.63, 3.8) is 0 Å². The molecule has 186 valence electrons. The van der Waals surface area contributed by atoms with E-state index >= 15 is 0 Å². The molecule has 4 rings (SSSR count). The van der Waals surface area contributed by atoms with Gasteiger partial charge in [-0.05, 0) is 73.6 Å². The van der Waals surface area contributed by atoms with Crippen molar-refractivity contribution in [3.8, 4) is 11.8 Å². The predicted molar refractivity (Wildman–Crippen MR) is 134 cm³/mol. The van der Waals surface area contributed by atoms with Crippen molar-refractivity contribution in [2.24, 2.45) is 0 Å². The number of amides is 1. The monoisotopic (exact) mass is 477 g/mol. The second-order valence-electron chi connectivity index (χ2n) is 9.52. The molecule has 0 spiro atoms. The number of ether oxygens (including phenoxy) is 1. The molecule has 0 saturated carbocycles. The number of aryl methyl sites for hydroxylation is 1. The number of hydrogen-bond donors (Lipinski definition) is 4. The molecule has 3 atom stereocenters. The van der Waals surface area contributed by atoms with Gasteiger partial charge in [-0.1, -0.05) is 30.0 Å². The van der Waals surface area contributed by atoms with E-state index in [9.17, 15) is 9.90 Å². The van der Waals surface area contributed by atoms with E-state index in [4.69, 9.17) is 9.94 Å². The molecule has 1 aliphatic carbocycles. The highest BCUT2D eigenvalue weighted by Gasteiger charge is 2.30. The van der Waals surface area contributed by atoms with E-state index in [1.54, 1.807) is 12.6 Å². The average Bonchev–Trinajstić information content (AvgIpc) is 3.28. The molecular weight excluding hydrogens is 442 g/mol. The zero-order valence-electron chi connectivity index (χ0n) is 20.5. The minimum absolute atomic E-state index is 0.0586. The van der Waals surface area contributed by atoms with Gasteiger partial charge in [-0.2, -0.15) is 0 Å². The second-order valence-corrected chi connectivity index (χ2v) is 9.52. The van der Waals surface area contributed by atoms with Gasteiger partial charge in [0, 0.05) is 43.9 Å². The van der Waals surface area contributed by atoms with Gasteiger partial charge in [0.25, 0.3) is 5.91 Å². The van der Waals surface area contributed by atoms with Crippen LogP contribution in [0, 0.1) is 11.8 Å². The van der Waals surface area contributed by atoms with Crippen LogP contribution < -0.4 is 10.8 Å². The van der Waals surface area contributed by atoms with Gasteiger partial charge >= 0.3 is 0 Å². The fraction of sp³-hybridized carbons (Fsp3) is 0.464. The Bertz CT molecular complexity index is 1070. The maximum Gasteiger partial charge on any atom is 0.263 e. The van der Waals surface area contributed by atoms with Gasteiger partial charge in [-0.15, -0.1) is 0 Å². The number of piperidine rings is 1. The van der Waals surface area contributed by atoms with Gasteiger partial charge < -0.3 is 9.84 Å². The topological polar surface area (TPSA) is 94.1 Å². The lowest BCUT2D eigenvalue weighted by Crippen LogP contribution is -2.50. The van der Waals surface area contributed by atoms with Crippen LogP contribution in [-0.4, -0.2) is 59.6 Å². The zero-order valence-corrected chi connectivity index (χ0v) is 20.5. The Kier molecular flexibility index (Phi) is 8.55. The number of aliphatic hydroxyl groups is 1. The highest BCUT2D eigenvalue weighted by molar-refractivity contribution is 5.81. The molecule has 0 radical (unpaired) electrons. The lowest BCUT2D eigenvalue weighted by Gasteiger charge is -2.31. The second kappa shape index (κ2) is 11.8. The summed E-state index contributed by atoms with van der Waals surface area (Å²) in [5.41, 5.74) is 7.16. The van der Waals surface area contributed by atoms with Crippen LogP contribution >= 0.6 is 0 Å². The lowest BCUT2D eigenvalue weighted by molar-refractivity contribution is -0.134. The van der Waals surface area contributed by atoms with E-state index in [0.29, 0.717) is 6.10 Å². The number of carbonyl (C=O) groups excluding carboxylic acids is 1. The molecule has 1 heterocycles. The van der Waals surface area contributed by atoms with E-state index in [1.807, 2.05) is 12.1 Å². The van der Waals surface area contributed by atoms with Crippen molar-refractivity contribution in [2.75, 3.05) is 20.2 Å². The molecule has 0 bridgehead atoms. The Balaban J connectivity index is 1.36. The number of aliphatic hydroxyl groups excluding tert-OH is 1. The molecular formula is C28H35N3O4. The number of carbonyl (C=O) groups is 1. The highest BCUT2D eigenvalue weighted by Crippen LogP contribution is 2.32. The van der Waals surface area contributed by atoms with Gasteiger partial charge in [0.05, 0.1) is 12.2 Å². The van der Waals surface area contributed by atoms with Crippen molar-refractivity contribution in [2.45, 2.75) is 63.4 Å². The number of hydroxylamine groups is 1. The smallest absolute Gasteiger partial charge is 0.263 e. The summed E-state index contributed by atoms with van der Waals surface area (Å²) in [5.74, 6) is 5.90. The molecule has 1 saturated heterocycles. The molecule has 35 heavy (non-hydrogen) atoms. The van der Waals surface area contributed by atoms with Crippen LogP contribution in [0.15, 0.2) is 42.5 Å². The van der Waals surface area contributed by atoms with Crippen LogP contribution in [0.3, 0.4) is 0 Å². The summed E-state index contributed by atoms with van der Waals surface area (Å²) in [6.45, 7) is 4.63. The van der Waals surface area contributed by atoms with Gasteiger partial charge in [0.1, 0.15) is 6.04 Å². The van der Waals surface area contributed by atoms with Crippen LogP contribution in [-0.2, 0) is 22.5 Å². The van der Waals surface area contributed by atoms with E-state index in [0.717, 1.165) is 62.0 Å². The number of nitrogens with zero attached hydrogens (tertiary/aromatic N) is 1. The number of likely N-dealkylation sites (tertiary alicyclic amines) is 1. The van der Waals surface area contributed by atoms with Crippen molar-refractivity contribution < 1.29 is 19.8 Å². The van der Waals surface area contributed by atoms with E-state index in [-0.39, 0.29) is 6.04 Å². The molecule has 0 aromatic heterocycles. The Morgan fingerprint density at radius 1 is 1.11 bits per heavy atom. The Morgan fingerprint density at radius 2 is 1.80 bits per heavy atom. The summed E-state index contributed by atoms with van der Waals surface area (Å²) in [4.78, 5) is 14.3. The number of rotatable bonds is 7. The van der Waals surface area contributed by atoms with Crippen molar-refractivity contribution in [3.05, 3.63) is 70.3 Å². The van der Waals surface area contributed by atoms with Gasteiger partial charge in [-0.3, -0.25) is 20.2 Å². The third kappa shape index (κ3) is 6.49. The van der Waals surface area contributed by atoms with E-state index in [2.05, 4.69) is 52.4 Å². The predicted octanol–water partition coefficient (Wildman–Crippen LogP) is 2.53. The van der Waals surface area contributed by atoms with Crippen LogP contribution in [0.1, 0.15) is 60.0 Å². The summed E-state index contributed by atoms with van der Waals surface area (Å²) >= 11 is 0. The number of methoxy groups -OCH3 is 1. The van der Waals surface area contributed by atoms with Crippen molar-refractivity contribution >= 4 is 5.91 Å². The maximum absolute atomic E-state index is 11.9. The zero-order chi connectivity index (χ0) is 24.8. The Morgan fingerprint density at radius 3 is 2.46 bits per heavy atom. The van der Waals surface area contributed by atoms with Crippen molar-refractivity contribution in [1.29, 1.82) is 0 Å². The highest BCUT2D eigenvalue weighted by atomic mass is 16.5. The molecule has 2 aliphatic rings. The van der Waals surface area contributed by atoms with Crippen LogP contribution in [0.25, 0.3) is 0 Å². The van der Waals surface area contributed by atoms with E-state index < -0.39 is 18.1 Å². The normalized spacial score (nSPS) is 19.9. The summed E-state index contributed by atoms with van der Waals surface area (Å²) < 4.78 is 5.46. The number of fused-ring (bicyclic) bond motifs is 1. The van der Waals surface area contributed by atoms with E-state index in [1.165, 1.54) is 18.1 Å². The summed E-state index contributed by atoms with van der Waals surface area (Å²) in [6, 6.07) is 13.7. The molecule has 1 fully saturated rings. The molecule has 0 unspecified atom stereocenters. The SMILES string of the molecule is COC1CCN(Cc2ccc(C#Cc3ccc4c(c3)CC[C@@H]4N[C@H](C(=O)NO)[C@@H](C)O)cc2)CC1. The fourth-order valence-electron chi connectivity index (χ4n) is 4.99. The maximum atomic E-state index is 11.9. The van der Waals surface area contributed by atoms with Crippen LogP contribution in [0.5, 0.6) is 0 Å². The number of nitrogens with one attached hydrogen (secondary N) is 2. The average molecular weight is 478 g/mol. The van der Waals surface area contributed by atoms with Crippen LogP contribution in [0.4, 0.5) is 0 Å². The first-order chi connectivity index (χ1) is 17.0. The van der Waals surface area contributed by atoms with Gasteiger partial charge in [-0.25, -0.2) is 5.48 Å². The summed E-state index contributed by atoms with van der Waals surface area (Å²) in [5, 5.41) is 22.0. The van der Waals surface area contributed by atoms with Gasteiger partial charge in [0.15, 0.2) is 0 Å². The minimum atomic E-state index is -0.925. The Hall–Kier alpha value is -2.73. The number of benzene rings is 2. The lowest BCUT2D eigenvalue weighted by atomic mass is 10.0. The molecule has 4 N–H and O–H groups in total. The first kappa shape index (κ1) is 25.4. The Labute approximate surface area is 207 Å². The largest absolute Gasteiger partial charge is 0.391 e. The van der Waals surface area contributed by atoms with Crippen LogP contribution in [0.2, 0.25) is 0 Å². The molecule has 1 aliphatic heterocycles. The quantitative estimate of drug-likeness (QED) is 0.278. The number of hydrogen-bond acceptors (Lipinski definition) is 6. The first-order valence-electron chi connectivity index (χ1n) is 12.3. The molecule has 2 aromatic carbocycles. The summed E-state index contributed by atoms with van der Waals surface area (Å²) in [7, 11) is 1.80. The third-order valence-electron chi connectivity index (χ3n) is 7.06. The molecule has 2 aromatic rings. The molecule has 7 nitrogen and oxygen atoms in total. The molecule has 1 amide bonds. The first-order valence-corrected chi connectivity index (χ1v) is 12.3. The summed E-state index contributed by atoms with van der Waals surface area (Å²) in [6.07, 6.45) is 3.35. The molecule has 7 heteroatoms. The fourth-order valence-corrected chi connectivity index (χ4v) is 4.99. The third-order valence-corrected chi connectivity index (χ3v) is 7.06.